The Morgan fingerprint density at radius 3 is 2.72 bits per heavy atom. The summed E-state index contributed by atoms with van der Waals surface area (Å²) in [6.45, 7) is 0. The van der Waals surface area contributed by atoms with Gasteiger partial charge >= 0.3 is 5.97 Å². The van der Waals surface area contributed by atoms with Gasteiger partial charge < -0.3 is 14.6 Å². The lowest BCUT2D eigenvalue weighted by atomic mass is 10.1. The maximum Gasteiger partial charge on any atom is 0.307 e. The Kier molecular flexibility index (Phi) is 2.23. The number of hydrogen-bond donors (Lipinski definition) is 2. The van der Waals surface area contributed by atoms with Gasteiger partial charge in [-0.1, -0.05) is 18.2 Å². The molecule has 0 amide bonds. The van der Waals surface area contributed by atoms with E-state index in [4.69, 9.17) is 9.52 Å². The van der Waals surface area contributed by atoms with Gasteiger partial charge in [-0.05, 0) is 18.2 Å². The molecule has 0 radical (unpaired) electrons. The van der Waals surface area contributed by atoms with Crippen LogP contribution in [-0.2, 0) is 11.2 Å². The molecular weight excluding hydrogens is 232 g/mol. The first-order valence-electron chi connectivity index (χ1n) is 5.50. The first-order chi connectivity index (χ1) is 8.65. The molecule has 4 nitrogen and oxygen atoms in total. The second kappa shape index (κ2) is 3.77. The summed E-state index contributed by atoms with van der Waals surface area (Å²) < 4.78 is 5.66. The van der Waals surface area contributed by atoms with Crippen LogP contribution in [0.2, 0.25) is 0 Å². The molecule has 1 heterocycles. The standard InChI is InChI=1S/C14H10O4/c15-9-5-8(6-13(16)17)14-11(7-9)10-3-1-2-4-12(10)18-14/h1-5,7,15H,6H2,(H,16,17). The smallest absolute Gasteiger partial charge is 0.307 e. The molecule has 0 aliphatic rings. The zero-order valence-electron chi connectivity index (χ0n) is 9.38. The molecule has 0 unspecified atom stereocenters. The summed E-state index contributed by atoms with van der Waals surface area (Å²) in [5, 5.41) is 20.1. The van der Waals surface area contributed by atoms with Gasteiger partial charge in [-0.15, -0.1) is 0 Å². The van der Waals surface area contributed by atoms with E-state index >= 15 is 0 Å². The average Bonchev–Trinajstić information content (AvgIpc) is 2.67. The number of phenols is 1. The summed E-state index contributed by atoms with van der Waals surface area (Å²) in [4.78, 5) is 10.8. The predicted molar refractivity (Wildman–Crippen MR) is 66.7 cm³/mol. The monoisotopic (exact) mass is 242 g/mol. The number of furan rings is 1. The summed E-state index contributed by atoms with van der Waals surface area (Å²) in [6.07, 6.45) is -0.176. The summed E-state index contributed by atoms with van der Waals surface area (Å²) in [6, 6.07) is 10.4. The molecule has 0 saturated heterocycles. The third kappa shape index (κ3) is 1.59. The van der Waals surface area contributed by atoms with Crippen LogP contribution in [0, 0.1) is 0 Å². The number of para-hydroxylation sites is 1. The Hall–Kier alpha value is -2.49. The highest BCUT2D eigenvalue weighted by Crippen LogP contribution is 2.33. The van der Waals surface area contributed by atoms with E-state index in [0.717, 1.165) is 10.8 Å². The molecule has 2 aromatic carbocycles. The average molecular weight is 242 g/mol. The fourth-order valence-electron chi connectivity index (χ4n) is 2.18. The van der Waals surface area contributed by atoms with Crippen molar-refractivity contribution in [2.24, 2.45) is 0 Å². The number of benzene rings is 2. The third-order valence-electron chi connectivity index (χ3n) is 2.88. The maximum atomic E-state index is 10.8. The fraction of sp³-hybridized carbons (Fsp3) is 0.0714. The van der Waals surface area contributed by atoms with Gasteiger partial charge in [0, 0.05) is 16.3 Å². The molecule has 0 saturated carbocycles. The summed E-state index contributed by atoms with van der Waals surface area (Å²) >= 11 is 0. The van der Waals surface area contributed by atoms with Crippen LogP contribution in [0.15, 0.2) is 40.8 Å². The topological polar surface area (TPSA) is 70.7 Å². The van der Waals surface area contributed by atoms with E-state index in [1.807, 2.05) is 24.3 Å². The highest BCUT2D eigenvalue weighted by molar-refractivity contribution is 6.06. The van der Waals surface area contributed by atoms with Crippen molar-refractivity contribution < 1.29 is 19.4 Å². The molecule has 0 bridgehead atoms. The van der Waals surface area contributed by atoms with Crippen molar-refractivity contribution in [1.82, 2.24) is 0 Å². The van der Waals surface area contributed by atoms with Crippen molar-refractivity contribution in [2.45, 2.75) is 6.42 Å². The zero-order chi connectivity index (χ0) is 12.7. The van der Waals surface area contributed by atoms with Crippen molar-refractivity contribution >= 4 is 27.9 Å². The largest absolute Gasteiger partial charge is 0.508 e. The van der Waals surface area contributed by atoms with Crippen LogP contribution < -0.4 is 0 Å². The molecular formula is C14H10O4. The normalized spacial score (nSPS) is 11.1. The zero-order valence-corrected chi connectivity index (χ0v) is 9.38. The van der Waals surface area contributed by atoms with E-state index < -0.39 is 5.97 Å². The number of aliphatic carboxylic acids is 1. The van der Waals surface area contributed by atoms with Crippen LogP contribution in [0.25, 0.3) is 21.9 Å². The molecule has 3 aromatic rings. The Bertz CT molecular complexity index is 755. The highest BCUT2D eigenvalue weighted by atomic mass is 16.4. The minimum Gasteiger partial charge on any atom is -0.508 e. The number of carboxylic acid groups (broad SMARTS) is 1. The number of aromatic hydroxyl groups is 1. The second-order valence-electron chi connectivity index (χ2n) is 4.15. The van der Waals surface area contributed by atoms with Crippen LogP contribution in [0.5, 0.6) is 5.75 Å². The Morgan fingerprint density at radius 1 is 1.17 bits per heavy atom. The van der Waals surface area contributed by atoms with Gasteiger partial charge in [0.15, 0.2) is 0 Å². The van der Waals surface area contributed by atoms with Crippen LogP contribution in [0.3, 0.4) is 0 Å². The van der Waals surface area contributed by atoms with Gasteiger partial charge in [0.05, 0.1) is 6.42 Å². The minimum absolute atomic E-state index is 0.0466. The molecule has 0 fully saturated rings. The lowest BCUT2D eigenvalue weighted by molar-refractivity contribution is -0.136. The van der Waals surface area contributed by atoms with Crippen molar-refractivity contribution in [1.29, 1.82) is 0 Å². The number of phenolic OH excluding ortho intramolecular Hbond substituents is 1. The van der Waals surface area contributed by atoms with Crippen LogP contribution in [-0.4, -0.2) is 16.2 Å². The van der Waals surface area contributed by atoms with Crippen molar-refractivity contribution in [3.8, 4) is 5.75 Å². The SMILES string of the molecule is O=C(O)Cc1cc(O)cc2c1oc1ccccc12. The van der Waals surface area contributed by atoms with Crippen LogP contribution >= 0.6 is 0 Å². The lowest BCUT2D eigenvalue weighted by Gasteiger charge is -2.00. The van der Waals surface area contributed by atoms with Gasteiger partial charge in [-0.25, -0.2) is 0 Å². The molecule has 0 atom stereocenters. The quantitative estimate of drug-likeness (QED) is 0.724. The third-order valence-corrected chi connectivity index (χ3v) is 2.88. The fourth-order valence-corrected chi connectivity index (χ4v) is 2.18. The summed E-state index contributed by atoms with van der Waals surface area (Å²) in [5.41, 5.74) is 1.69. The second-order valence-corrected chi connectivity index (χ2v) is 4.15. The van der Waals surface area contributed by atoms with Crippen LogP contribution in [0.1, 0.15) is 5.56 Å². The molecule has 4 heteroatoms. The summed E-state index contributed by atoms with van der Waals surface area (Å²) in [7, 11) is 0. The number of carbonyl (C=O) groups is 1. The summed E-state index contributed by atoms with van der Waals surface area (Å²) in [5.74, 6) is -0.910. The molecule has 0 spiro atoms. The van der Waals surface area contributed by atoms with Gasteiger partial charge in [0.1, 0.15) is 16.9 Å². The molecule has 2 N–H and O–H groups in total. The van der Waals surface area contributed by atoms with Crippen LogP contribution in [0.4, 0.5) is 0 Å². The number of hydrogen-bond acceptors (Lipinski definition) is 3. The van der Waals surface area contributed by atoms with Crippen molar-refractivity contribution in [3.05, 3.63) is 42.0 Å². The highest BCUT2D eigenvalue weighted by Gasteiger charge is 2.14. The number of carboxylic acids is 1. The van der Waals surface area contributed by atoms with Crippen molar-refractivity contribution in [3.63, 3.8) is 0 Å². The van der Waals surface area contributed by atoms with E-state index in [9.17, 15) is 9.90 Å². The molecule has 0 aliphatic carbocycles. The number of fused-ring (bicyclic) bond motifs is 3. The van der Waals surface area contributed by atoms with Gasteiger partial charge in [-0.2, -0.15) is 0 Å². The molecule has 90 valence electrons. The number of rotatable bonds is 2. The lowest BCUT2D eigenvalue weighted by Crippen LogP contribution is -2.00. The van der Waals surface area contributed by atoms with Gasteiger partial charge in [-0.3, -0.25) is 4.79 Å². The van der Waals surface area contributed by atoms with E-state index in [0.29, 0.717) is 16.7 Å². The van der Waals surface area contributed by atoms with Gasteiger partial charge in [0.25, 0.3) is 0 Å². The Balaban J connectivity index is 2.39. The van der Waals surface area contributed by atoms with Crippen molar-refractivity contribution in [2.75, 3.05) is 0 Å². The molecule has 0 aliphatic heterocycles. The first-order valence-corrected chi connectivity index (χ1v) is 5.50. The van der Waals surface area contributed by atoms with E-state index in [-0.39, 0.29) is 12.2 Å². The Morgan fingerprint density at radius 2 is 1.94 bits per heavy atom. The molecule has 18 heavy (non-hydrogen) atoms. The van der Waals surface area contributed by atoms with Gasteiger partial charge in [0.2, 0.25) is 0 Å². The molecule has 1 aromatic heterocycles. The maximum absolute atomic E-state index is 10.8. The Labute approximate surface area is 102 Å². The van der Waals surface area contributed by atoms with E-state index in [2.05, 4.69) is 0 Å². The first kappa shape index (κ1) is 10.7. The van der Waals surface area contributed by atoms with E-state index in [1.54, 1.807) is 6.07 Å². The minimum atomic E-state index is -0.956. The molecule has 3 rings (SSSR count). The predicted octanol–water partition coefficient (Wildman–Crippen LogP) is 2.92. The van der Waals surface area contributed by atoms with E-state index in [1.165, 1.54) is 6.07 Å².